The molecule has 0 spiro atoms. The highest BCUT2D eigenvalue weighted by Gasteiger charge is 2.33. The summed E-state index contributed by atoms with van der Waals surface area (Å²) in [6, 6.07) is 9.53. The van der Waals surface area contributed by atoms with Crippen molar-refractivity contribution in [2.24, 2.45) is 11.7 Å². The Bertz CT molecular complexity index is 523. The van der Waals surface area contributed by atoms with Gasteiger partial charge in [0.05, 0.1) is 0 Å². The number of benzene rings is 1. The van der Waals surface area contributed by atoms with Gasteiger partial charge in [-0.3, -0.25) is 0 Å². The van der Waals surface area contributed by atoms with Crippen molar-refractivity contribution >= 4 is 10.2 Å². The first-order chi connectivity index (χ1) is 9.39. The summed E-state index contributed by atoms with van der Waals surface area (Å²) in [5.41, 5.74) is 6.92. The fourth-order valence-electron chi connectivity index (χ4n) is 2.66. The summed E-state index contributed by atoms with van der Waals surface area (Å²) in [7, 11) is -1.82. The van der Waals surface area contributed by atoms with E-state index >= 15 is 0 Å². The Hall–Kier alpha value is -0.950. The molecule has 1 fully saturated rings. The van der Waals surface area contributed by atoms with Crippen LogP contribution in [0, 0.1) is 5.92 Å². The van der Waals surface area contributed by atoms with E-state index in [1.54, 1.807) is 7.05 Å². The van der Waals surface area contributed by atoms with E-state index in [4.69, 9.17) is 5.73 Å². The van der Waals surface area contributed by atoms with E-state index in [2.05, 4.69) is 0 Å². The van der Waals surface area contributed by atoms with E-state index in [9.17, 15) is 8.42 Å². The fraction of sp³-hybridized carbons (Fsp3) is 0.571. The smallest absolute Gasteiger partial charge is 0.282 e. The van der Waals surface area contributed by atoms with Crippen molar-refractivity contribution in [1.82, 2.24) is 8.61 Å². The van der Waals surface area contributed by atoms with Crippen LogP contribution in [0.5, 0.6) is 0 Å². The van der Waals surface area contributed by atoms with Crippen molar-refractivity contribution in [2.75, 3.05) is 20.1 Å². The van der Waals surface area contributed by atoms with Gasteiger partial charge in [0.15, 0.2) is 0 Å². The first-order valence-corrected chi connectivity index (χ1v) is 8.30. The van der Waals surface area contributed by atoms with E-state index in [1.807, 2.05) is 37.3 Å². The van der Waals surface area contributed by atoms with Gasteiger partial charge in [-0.2, -0.15) is 17.0 Å². The van der Waals surface area contributed by atoms with Crippen molar-refractivity contribution < 1.29 is 8.42 Å². The molecular formula is C14H23N3O2S. The van der Waals surface area contributed by atoms with Gasteiger partial charge >= 0.3 is 0 Å². The Kier molecular flexibility index (Phi) is 4.80. The predicted molar refractivity (Wildman–Crippen MR) is 80.2 cm³/mol. The van der Waals surface area contributed by atoms with Gasteiger partial charge < -0.3 is 5.73 Å². The molecule has 0 bridgehead atoms. The molecule has 1 aliphatic rings. The molecule has 112 valence electrons. The summed E-state index contributed by atoms with van der Waals surface area (Å²) >= 11 is 0. The average molecular weight is 297 g/mol. The molecule has 1 aliphatic heterocycles. The van der Waals surface area contributed by atoms with Crippen molar-refractivity contribution in [3.05, 3.63) is 35.9 Å². The van der Waals surface area contributed by atoms with Gasteiger partial charge in [0.2, 0.25) is 0 Å². The first-order valence-electron chi connectivity index (χ1n) is 6.90. The van der Waals surface area contributed by atoms with E-state index in [0.29, 0.717) is 25.6 Å². The number of nitrogens with two attached hydrogens (primary N) is 1. The molecule has 5 nitrogen and oxygen atoms in total. The number of rotatable bonds is 4. The highest BCUT2D eigenvalue weighted by molar-refractivity contribution is 7.86. The van der Waals surface area contributed by atoms with Crippen molar-refractivity contribution in [2.45, 2.75) is 25.9 Å². The maximum Gasteiger partial charge on any atom is 0.282 e. The second-order valence-electron chi connectivity index (χ2n) is 5.67. The second kappa shape index (κ2) is 6.22. The Labute approximate surface area is 121 Å². The lowest BCUT2D eigenvalue weighted by atomic mass is 9.99. The highest BCUT2D eigenvalue weighted by Crippen LogP contribution is 2.20. The fourth-order valence-corrected chi connectivity index (χ4v) is 4.19. The van der Waals surface area contributed by atoms with Crippen LogP contribution in [-0.2, 0) is 16.8 Å². The van der Waals surface area contributed by atoms with Crippen molar-refractivity contribution in [3.63, 3.8) is 0 Å². The lowest BCUT2D eigenvalue weighted by molar-refractivity contribution is 0.240. The summed E-state index contributed by atoms with van der Waals surface area (Å²) in [5, 5.41) is 0. The first kappa shape index (κ1) is 15.4. The molecule has 1 aromatic rings. The molecule has 1 heterocycles. The van der Waals surface area contributed by atoms with Crippen LogP contribution in [0.15, 0.2) is 30.3 Å². The molecule has 0 radical (unpaired) electrons. The summed E-state index contributed by atoms with van der Waals surface area (Å²) in [6.45, 7) is 3.38. The minimum atomic E-state index is -3.44. The third-order valence-corrected chi connectivity index (χ3v) is 5.49. The van der Waals surface area contributed by atoms with Gasteiger partial charge in [-0.1, -0.05) is 37.3 Å². The van der Waals surface area contributed by atoms with E-state index in [0.717, 1.165) is 12.0 Å². The van der Waals surface area contributed by atoms with Crippen molar-refractivity contribution in [3.8, 4) is 0 Å². The minimum absolute atomic E-state index is 0.0707. The SMILES string of the molecule is CC1CC(N)CN(S(=O)(=O)N(C)Cc2ccccc2)C1. The summed E-state index contributed by atoms with van der Waals surface area (Å²) < 4.78 is 28.1. The lowest BCUT2D eigenvalue weighted by Gasteiger charge is -2.36. The molecule has 1 saturated heterocycles. The topological polar surface area (TPSA) is 66.6 Å². The van der Waals surface area contributed by atoms with E-state index < -0.39 is 10.2 Å². The molecule has 6 heteroatoms. The van der Waals surface area contributed by atoms with Crippen LogP contribution in [0.2, 0.25) is 0 Å². The van der Waals surface area contributed by atoms with Crippen LogP contribution in [0.25, 0.3) is 0 Å². The molecule has 2 unspecified atom stereocenters. The van der Waals surface area contributed by atoms with Gasteiger partial charge in [-0.05, 0) is 17.9 Å². The molecule has 0 saturated carbocycles. The number of hydrogen-bond donors (Lipinski definition) is 1. The van der Waals surface area contributed by atoms with Crippen LogP contribution in [0.3, 0.4) is 0 Å². The number of nitrogens with zero attached hydrogens (tertiary/aromatic N) is 2. The average Bonchev–Trinajstić information content (AvgIpc) is 2.38. The zero-order chi connectivity index (χ0) is 14.8. The summed E-state index contributed by atoms with van der Waals surface area (Å²) in [4.78, 5) is 0. The Morgan fingerprint density at radius 3 is 2.55 bits per heavy atom. The molecule has 1 aromatic carbocycles. The maximum absolute atomic E-state index is 12.6. The monoisotopic (exact) mass is 297 g/mol. The Morgan fingerprint density at radius 2 is 1.95 bits per heavy atom. The van der Waals surface area contributed by atoms with Gasteiger partial charge in [0.25, 0.3) is 10.2 Å². The van der Waals surface area contributed by atoms with Gasteiger partial charge in [0, 0.05) is 32.7 Å². The number of piperidine rings is 1. The van der Waals surface area contributed by atoms with E-state index in [-0.39, 0.29) is 6.04 Å². The van der Waals surface area contributed by atoms with E-state index in [1.165, 1.54) is 8.61 Å². The van der Waals surface area contributed by atoms with Crippen LogP contribution in [0.4, 0.5) is 0 Å². The number of hydrogen-bond acceptors (Lipinski definition) is 3. The third-order valence-electron chi connectivity index (χ3n) is 3.63. The second-order valence-corrected chi connectivity index (χ2v) is 7.70. The van der Waals surface area contributed by atoms with Crippen LogP contribution in [0.1, 0.15) is 18.9 Å². The highest BCUT2D eigenvalue weighted by atomic mass is 32.2. The molecule has 0 amide bonds. The van der Waals surface area contributed by atoms with Gasteiger partial charge in [-0.25, -0.2) is 0 Å². The quantitative estimate of drug-likeness (QED) is 0.902. The maximum atomic E-state index is 12.6. The van der Waals surface area contributed by atoms with Gasteiger partial charge in [-0.15, -0.1) is 0 Å². The van der Waals surface area contributed by atoms with Crippen LogP contribution in [-0.4, -0.2) is 43.2 Å². The zero-order valence-corrected chi connectivity index (χ0v) is 12.9. The van der Waals surface area contributed by atoms with Crippen molar-refractivity contribution in [1.29, 1.82) is 0 Å². The molecule has 2 rings (SSSR count). The standard InChI is InChI=1S/C14H23N3O2S/c1-12-8-14(15)11-17(9-12)20(18,19)16(2)10-13-6-4-3-5-7-13/h3-7,12,14H,8-11,15H2,1-2H3. The third kappa shape index (κ3) is 3.58. The van der Waals surface area contributed by atoms with Gasteiger partial charge in [0.1, 0.15) is 0 Å². The normalized spacial score (nSPS) is 25.0. The van der Waals surface area contributed by atoms with Crippen LogP contribution >= 0.6 is 0 Å². The zero-order valence-electron chi connectivity index (χ0n) is 12.1. The molecular weight excluding hydrogens is 274 g/mol. The molecule has 2 N–H and O–H groups in total. The molecule has 2 atom stereocenters. The summed E-state index contributed by atoms with van der Waals surface area (Å²) in [6.07, 6.45) is 0.883. The largest absolute Gasteiger partial charge is 0.326 e. The Balaban J connectivity index is 2.09. The molecule has 20 heavy (non-hydrogen) atoms. The lowest BCUT2D eigenvalue weighted by Crippen LogP contribution is -2.52. The Morgan fingerprint density at radius 1 is 1.30 bits per heavy atom. The molecule has 0 aliphatic carbocycles. The molecule has 0 aromatic heterocycles. The minimum Gasteiger partial charge on any atom is -0.326 e. The summed E-state index contributed by atoms with van der Waals surface area (Å²) in [5.74, 6) is 0.304. The predicted octanol–water partition coefficient (Wildman–Crippen LogP) is 1.03. The van der Waals surface area contributed by atoms with Crippen LogP contribution < -0.4 is 5.73 Å².